The number of thiazole rings is 1. The number of fused-ring (bicyclic) bond motifs is 1. The van der Waals surface area contributed by atoms with Crippen LogP contribution in [-0.2, 0) is 11.3 Å². The monoisotopic (exact) mass is 398 g/mol. The van der Waals surface area contributed by atoms with E-state index in [2.05, 4.69) is 35.5 Å². The van der Waals surface area contributed by atoms with Gasteiger partial charge in [-0.05, 0) is 69.2 Å². The second kappa shape index (κ2) is 8.71. The Morgan fingerprint density at radius 1 is 1.18 bits per heavy atom. The van der Waals surface area contributed by atoms with E-state index in [9.17, 15) is 4.79 Å². The molecule has 2 aromatic carbocycles. The van der Waals surface area contributed by atoms with Crippen molar-refractivity contribution < 1.29 is 14.3 Å². The number of carbonyl (C=O) groups excluding carboxylic acids is 1. The third-order valence-electron chi connectivity index (χ3n) is 4.30. The van der Waals surface area contributed by atoms with E-state index in [1.54, 1.807) is 31.4 Å². The number of amides is 1. The molecule has 0 spiro atoms. The van der Waals surface area contributed by atoms with Crippen LogP contribution >= 0.6 is 11.3 Å². The Kier molecular flexibility index (Phi) is 6.31. The topological polar surface area (TPSA) is 52.8 Å². The van der Waals surface area contributed by atoms with Crippen LogP contribution in [0.4, 0.5) is 0 Å². The summed E-state index contributed by atoms with van der Waals surface area (Å²) in [5.41, 5.74) is 4.01. The number of rotatable bonds is 6. The molecule has 0 saturated carbocycles. The van der Waals surface area contributed by atoms with Gasteiger partial charge in [0, 0.05) is 19.2 Å². The molecule has 3 aromatic rings. The van der Waals surface area contributed by atoms with Crippen molar-refractivity contribution in [2.75, 3.05) is 13.7 Å². The van der Waals surface area contributed by atoms with Gasteiger partial charge in [-0.25, -0.2) is 0 Å². The first-order valence-corrected chi connectivity index (χ1v) is 10.2. The molecule has 0 atom stereocenters. The lowest BCUT2D eigenvalue weighted by Crippen LogP contribution is -2.19. The Balaban J connectivity index is 2.02. The zero-order chi connectivity index (χ0) is 20.3. The third-order valence-corrected chi connectivity index (χ3v) is 5.53. The number of nitrogens with zero attached hydrogens (tertiary/aromatic N) is 2. The molecule has 0 fully saturated rings. The van der Waals surface area contributed by atoms with Crippen molar-refractivity contribution in [1.29, 1.82) is 0 Å². The van der Waals surface area contributed by atoms with Gasteiger partial charge in [0.2, 0.25) is 0 Å². The Hall–Kier alpha value is -2.44. The van der Waals surface area contributed by atoms with Gasteiger partial charge in [0.25, 0.3) is 5.91 Å². The molecule has 28 heavy (non-hydrogen) atoms. The van der Waals surface area contributed by atoms with Gasteiger partial charge in [0.05, 0.1) is 22.9 Å². The van der Waals surface area contributed by atoms with Crippen LogP contribution in [-0.4, -0.2) is 30.3 Å². The SMILES string of the molecule is COCCn1c(=NC(=O)c2ccc(OC(C)C)cc2)sc2c(C)cc(C)cc21. The van der Waals surface area contributed by atoms with Crippen LogP contribution in [0.15, 0.2) is 41.4 Å². The zero-order valence-corrected chi connectivity index (χ0v) is 17.8. The minimum absolute atomic E-state index is 0.0937. The Bertz CT molecular complexity index is 1050. The van der Waals surface area contributed by atoms with Crippen LogP contribution in [0, 0.1) is 13.8 Å². The Morgan fingerprint density at radius 3 is 2.54 bits per heavy atom. The second-order valence-corrected chi connectivity index (χ2v) is 8.04. The number of carbonyl (C=O) groups is 1. The standard InChI is InChI=1S/C22H26N2O3S/c1-14(2)27-18-8-6-17(7-9-18)21(25)23-22-24(10-11-26-5)19-13-15(3)12-16(4)20(19)28-22/h6-9,12-14H,10-11H2,1-5H3. The molecule has 1 amide bonds. The molecule has 1 aromatic heterocycles. The van der Waals surface area contributed by atoms with Gasteiger partial charge < -0.3 is 14.0 Å². The predicted octanol–water partition coefficient (Wildman–Crippen LogP) is 4.49. The second-order valence-electron chi connectivity index (χ2n) is 7.07. The molecular weight excluding hydrogens is 372 g/mol. The molecule has 1 heterocycles. The summed E-state index contributed by atoms with van der Waals surface area (Å²) in [4.78, 5) is 17.9. The van der Waals surface area contributed by atoms with Crippen molar-refractivity contribution in [3.8, 4) is 5.75 Å². The molecule has 6 heteroatoms. The van der Waals surface area contributed by atoms with Crippen molar-refractivity contribution in [3.63, 3.8) is 0 Å². The molecule has 0 aliphatic heterocycles. The minimum atomic E-state index is -0.261. The molecule has 0 unspecified atom stereocenters. The molecule has 0 radical (unpaired) electrons. The van der Waals surface area contributed by atoms with Crippen LogP contribution in [0.25, 0.3) is 10.2 Å². The van der Waals surface area contributed by atoms with E-state index in [-0.39, 0.29) is 12.0 Å². The average Bonchev–Trinajstić information content (AvgIpc) is 2.97. The summed E-state index contributed by atoms with van der Waals surface area (Å²) in [6, 6.07) is 11.4. The first kappa shape index (κ1) is 20.3. The summed E-state index contributed by atoms with van der Waals surface area (Å²) in [7, 11) is 1.67. The molecule has 3 rings (SSSR count). The fraction of sp³-hybridized carbons (Fsp3) is 0.364. The predicted molar refractivity (Wildman–Crippen MR) is 113 cm³/mol. The summed E-state index contributed by atoms with van der Waals surface area (Å²) < 4.78 is 14.1. The van der Waals surface area contributed by atoms with Gasteiger partial charge in [-0.15, -0.1) is 0 Å². The summed E-state index contributed by atoms with van der Waals surface area (Å²) in [5.74, 6) is 0.484. The number of benzene rings is 2. The number of aromatic nitrogens is 1. The van der Waals surface area contributed by atoms with Gasteiger partial charge in [-0.3, -0.25) is 4.79 Å². The highest BCUT2D eigenvalue weighted by atomic mass is 32.1. The van der Waals surface area contributed by atoms with Crippen LogP contribution in [0.5, 0.6) is 5.75 Å². The van der Waals surface area contributed by atoms with Crippen LogP contribution in [0.1, 0.15) is 35.3 Å². The maximum atomic E-state index is 12.8. The fourth-order valence-corrected chi connectivity index (χ4v) is 4.20. The summed E-state index contributed by atoms with van der Waals surface area (Å²) >= 11 is 1.54. The molecule has 148 valence electrons. The molecular formula is C22H26N2O3S. The Morgan fingerprint density at radius 2 is 1.89 bits per heavy atom. The highest BCUT2D eigenvalue weighted by Gasteiger charge is 2.12. The Labute approximate surface area is 169 Å². The van der Waals surface area contributed by atoms with E-state index in [4.69, 9.17) is 9.47 Å². The van der Waals surface area contributed by atoms with E-state index >= 15 is 0 Å². The first-order chi connectivity index (χ1) is 13.4. The van der Waals surface area contributed by atoms with Gasteiger partial charge >= 0.3 is 0 Å². The van der Waals surface area contributed by atoms with E-state index in [0.29, 0.717) is 23.5 Å². The van der Waals surface area contributed by atoms with E-state index in [1.807, 2.05) is 13.8 Å². The average molecular weight is 399 g/mol. The van der Waals surface area contributed by atoms with Gasteiger partial charge in [0.1, 0.15) is 5.75 Å². The molecule has 0 aliphatic carbocycles. The maximum Gasteiger partial charge on any atom is 0.279 e. The van der Waals surface area contributed by atoms with Crippen molar-refractivity contribution in [1.82, 2.24) is 4.57 Å². The largest absolute Gasteiger partial charge is 0.491 e. The van der Waals surface area contributed by atoms with Crippen molar-refractivity contribution >= 4 is 27.5 Å². The maximum absolute atomic E-state index is 12.8. The number of methoxy groups -OCH3 is 1. The van der Waals surface area contributed by atoms with Crippen LogP contribution in [0.3, 0.4) is 0 Å². The molecule has 5 nitrogen and oxygen atoms in total. The summed E-state index contributed by atoms with van der Waals surface area (Å²) in [5, 5.41) is 0. The van der Waals surface area contributed by atoms with Gasteiger partial charge in [-0.1, -0.05) is 17.4 Å². The number of aryl methyl sites for hydroxylation is 2. The van der Waals surface area contributed by atoms with E-state index in [0.717, 1.165) is 16.0 Å². The minimum Gasteiger partial charge on any atom is -0.491 e. The van der Waals surface area contributed by atoms with E-state index in [1.165, 1.54) is 22.5 Å². The number of ether oxygens (including phenoxy) is 2. The molecule has 0 N–H and O–H groups in total. The molecule has 0 saturated heterocycles. The van der Waals surface area contributed by atoms with Gasteiger partial charge in [-0.2, -0.15) is 4.99 Å². The smallest absolute Gasteiger partial charge is 0.279 e. The molecule has 0 bridgehead atoms. The number of hydrogen-bond donors (Lipinski definition) is 0. The molecule has 0 aliphatic rings. The first-order valence-electron chi connectivity index (χ1n) is 9.34. The zero-order valence-electron chi connectivity index (χ0n) is 17.0. The highest BCUT2D eigenvalue weighted by molar-refractivity contribution is 7.16. The summed E-state index contributed by atoms with van der Waals surface area (Å²) in [6.07, 6.45) is 0.0937. The van der Waals surface area contributed by atoms with Crippen molar-refractivity contribution in [2.45, 2.75) is 40.3 Å². The lowest BCUT2D eigenvalue weighted by atomic mass is 10.1. The third kappa shape index (κ3) is 4.51. The quantitative estimate of drug-likeness (QED) is 0.615. The lowest BCUT2D eigenvalue weighted by molar-refractivity contribution is 0.0997. The van der Waals surface area contributed by atoms with Gasteiger partial charge in [0.15, 0.2) is 4.80 Å². The van der Waals surface area contributed by atoms with Crippen LogP contribution in [0.2, 0.25) is 0 Å². The normalized spacial score (nSPS) is 12.1. The highest BCUT2D eigenvalue weighted by Crippen LogP contribution is 2.23. The summed E-state index contributed by atoms with van der Waals surface area (Å²) in [6.45, 7) is 9.31. The number of hydrogen-bond acceptors (Lipinski definition) is 4. The van der Waals surface area contributed by atoms with Crippen LogP contribution < -0.4 is 9.54 Å². The fourth-order valence-electron chi connectivity index (χ4n) is 3.10. The lowest BCUT2D eigenvalue weighted by Gasteiger charge is -2.09. The van der Waals surface area contributed by atoms with Crippen molar-refractivity contribution in [2.24, 2.45) is 4.99 Å². The van der Waals surface area contributed by atoms with E-state index < -0.39 is 0 Å². The van der Waals surface area contributed by atoms with Crippen molar-refractivity contribution in [3.05, 3.63) is 57.9 Å².